The molecule has 8 heteroatoms. The number of ketones is 1. The number of nitrogens with zero attached hydrogens (tertiary/aromatic N) is 1. The molecule has 2 aromatic carbocycles. The number of hydrogen-bond donors (Lipinski definition) is 1. The van der Waals surface area contributed by atoms with Gasteiger partial charge in [-0.3, -0.25) is 9.59 Å². The lowest BCUT2D eigenvalue weighted by atomic mass is 9.98. The summed E-state index contributed by atoms with van der Waals surface area (Å²) in [5, 5.41) is 13.2. The largest absolute Gasteiger partial charge is 0.507 e. The molecule has 7 nitrogen and oxygen atoms in total. The Morgan fingerprint density at radius 2 is 1.68 bits per heavy atom. The van der Waals surface area contributed by atoms with E-state index in [-0.39, 0.29) is 17.9 Å². The number of methoxy groups -OCH3 is 3. The van der Waals surface area contributed by atoms with Gasteiger partial charge in [-0.1, -0.05) is 23.8 Å². The summed E-state index contributed by atoms with van der Waals surface area (Å²) < 4.78 is 16.1. The number of benzene rings is 2. The summed E-state index contributed by atoms with van der Waals surface area (Å²) in [5.41, 5.74) is 2.05. The molecule has 1 atom stereocenters. The molecule has 0 aliphatic carbocycles. The maximum atomic E-state index is 13.2. The number of aliphatic hydroxyl groups excluding tert-OH is 1. The lowest BCUT2D eigenvalue weighted by Crippen LogP contribution is -2.28. The molecule has 0 saturated carbocycles. The first-order chi connectivity index (χ1) is 16.4. The molecule has 176 valence electrons. The number of likely N-dealkylation sites (tertiary alicyclic amines) is 1. The summed E-state index contributed by atoms with van der Waals surface area (Å²) in [6.45, 7) is 2.03. The van der Waals surface area contributed by atoms with Crippen molar-refractivity contribution in [2.24, 2.45) is 0 Å². The summed E-state index contributed by atoms with van der Waals surface area (Å²) >= 11 is 1.41. The molecule has 1 N–H and O–H groups in total. The van der Waals surface area contributed by atoms with Crippen LogP contribution in [0.4, 0.5) is 0 Å². The Morgan fingerprint density at radius 3 is 2.32 bits per heavy atom. The first-order valence-electron chi connectivity index (χ1n) is 10.6. The normalized spacial score (nSPS) is 17.2. The second-order valence-corrected chi connectivity index (χ2v) is 8.81. The molecule has 1 aliphatic heterocycles. The molecule has 1 amide bonds. The summed E-state index contributed by atoms with van der Waals surface area (Å²) in [6.07, 6.45) is 0. The van der Waals surface area contributed by atoms with Crippen molar-refractivity contribution in [3.8, 4) is 17.2 Å². The number of hydrogen-bond acceptors (Lipinski definition) is 7. The van der Waals surface area contributed by atoms with Crippen LogP contribution in [0.5, 0.6) is 17.2 Å². The van der Waals surface area contributed by atoms with Crippen molar-refractivity contribution in [2.75, 3.05) is 21.3 Å². The summed E-state index contributed by atoms with van der Waals surface area (Å²) in [4.78, 5) is 28.7. The molecule has 0 radical (unpaired) electrons. The summed E-state index contributed by atoms with van der Waals surface area (Å²) in [5.74, 6) is -0.170. The Kier molecular flexibility index (Phi) is 6.61. The molecule has 0 bridgehead atoms. The maximum Gasteiger partial charge on any atom is 0.295 e. The predicted octanol–water partition coefficient (Wildman–Crippen LogP) is 4.70. The van der Waals surface area contributed by atoms with Crippen molar-refractivity contribution in [1.82, 2.24) is 4.90 Å². The monoisotopic (exact) mass is 479 g/mol. The molecule has 1 unspecified atom stereocenters. The van der Waals surface area contributed by atoms with Crippen LogP contribution in [0.15, 0.2) is 59.5 Å². The van der Waals surface area contributed by atoms with E-state index in [2.05, 4.69) is 0 Å². The fourth-order valence-corrected chi connectivity index (χ4v) is 4.96. The summed E-state index contributed by atoms with van der Waals surface area (Å²) in [6, 6.07) is 13.6. The van der Waals surface area contributed by atoms with Gasteiger partial charge in [0, 0.05) is 11.4 Å². The van der Waals surface area contributed by atoms with Gasteiger partial charge in [0.25, 0.3) is 11.7 Å². The van der Waals surface area contributed by atoms with Crippen molar-refractivity contribution in [1.29, 1.82) is 0 Å². The lowest BCUT2D eigenvalue weighted by Gasteiger charge is -2.24. The smallest absolute Gasteiger partial charge is 0.295 e. The quantitative estimate of drug-likeness (QED) is 0.300. The number of aryl methyl sites for hydroxylation is 1. The Bertz CT molecular complexity index is 1260. The molecule has 1 aliphatic rings. The highest BCUT2D eigenvalue weighted by atomic mass is 32.1. The number of carbonyl (C=O) groups is 2. The number of Topliss-reactive ketones (excluding diaryl/α,β-unsaturated/α-hetero) is 1. The van der Waals surface area contributed by atoms with Crippen LogP contribution in [0.2, 0.25) is 0 Å². The molecular weight excluding hydrogens is 454 g/mol. The van der Waals surface area contributed by atoms with Gasteiger partial charge in [-0.25, -0.2) is 0 Å². The van der Waals surface area contributed by atoms with Crippen LogP contribution in [0.25, 0.3) is 5.76 Å². The maximum absolute atomic E-state index is 13.2. The van der Waals surface area contributed by atoms with E-state index >= 15 is 0 Å². The molecule has 4 rings (SSSR count). The Balaban J connectivity index is 1.84. The van der Waals surface area contributed by atoms with Crippen LogP contribution in [-0.2, 0) is 16.1 Å². The van der Waals surface area contributed by atoms with Gasteiger partial charge in [-0.05, 0) is 48.2 Å². The zero-order chi connectivity index (χ0) is 24.4. The van der Waals surface area contributed by atoms with E-state index in [1.165, 1.54) is 30.5 Å². The first kappa shape index (κ1) is 23.4. The van der Waals surface area contributed by atoms with Crippen LogP contribution in [0.3, 0.4) is 0 Å². The highest BCUT2D eigenvalue weighted by Gasteiger charge is 2.46. The third kappa shape index (κ3) is 4.12. The first-order valence-corrected chi connectivity index (χ1v) is 11.4. The second-order valence-electron chi connectivity index (χ2n) is 7.84. The SMILES string of the molecule is COc1ccc(CN2C(=O)C(=O)/C(=C(\O)c3cc(C)ccc3OC)C2c2cccs2)cc1OC. The fraction of sp³-hybridized carbons (Fsp3) is 0.231. The fourth-order valence-electron chi connectivity index (χ4n) is 4.11. The van der Waals surface area contributed by atoms with Crippen molar-refractivity contribution in [2.45, 2.75) is 19.5 Å². The minimum absolute atomic E-state index is 0.0387. The number of ether oxygens (including phenoxy) is 3. The zero-order valence-corrected chi connectivity index (χ0v) is 20.1. The van der Waals surface area contributed by atoms with Crippen LogP contribution in [0.1, 0.15) is 27.6 Å². The number of thiophene rings is 1. The Hall–Kier alpha value is -3.78. The van der Waals surface area contributed by atoms with Crippen molar-refractivity contribution in [3.63, 3.8) is 0 Å². The molecule has 3 aromatic rings. The minimum Gasteiger partial charge on any atom is -0.507 e. The van der Waals surface area contributed by atoms with Crippen LogP contribution in [0, 0.1) is 6.92 Å². The predicted molar refractivity (Wildman–Crippen MR) is 129 cm³/mol. The van der Waals surface area contributed by atoms with Crippen LogP contribution < -0.4 is 14.2 Å². The van der Waals surface area contributed by atoms with Crippen LogP contribution in [-0.4, -0.2) is 43.0 Å². The number of aliphatic hydroxyl groups is 1. The molecule has 1 aromatic heterocycles. The molecule has 1 fully saturated rings. The average molecular weight is 480 g/mol. The number of rotatable bonds is 7. The van der Waals surface area contributed by atoms with Gasteiger partial charge < -0.3 is 24.2 Å². The van der Waals surface area contributed by atoms with Gasteiger partial charge in [-0.2, -0.15) is 0 Å². The lowest BCUT2D eigenvalue weighted by molar-refractivity contribution is -0.140. The molecular formula is C26H25NO6S. The number of carbonyl (C=O) groups excluding carboxylic acids is 2. The van der Waals surface area contributed by atoms with Gasteiger partial charge in [0.05, 0.1) is 38.5 Å². The van der Waals surface area contributed by atoms with E-state index in [1.54, 1.807) is 31.4 Å². The van der Waals surface area contributed by atoms with E-state index in [0.29, 0.717) is 22.8 Å². The van der Waals surface area contributed by atoms with E-state index in [9.17, 15) is 14.7 Å². The number of amides is 1. The van der Waals surface area contributed by atoms with E-state index in [0.717, 1.165) is 16.0 Å². The van der Waals surface area contributed by atoms with E-state index in [1.807, 2.05) is 36.6 Å². The van der Waals surface area contributed by atoms with Crippen molar-refractivity contribution in [3.05, 3.63) is 81.1 Å². The second kappa shape index (κ2) is 9.61. The van der Waals surface area contributed by atoms with Crippen molar-refractivity contribution >= 4 is 28.8 Å². The standard InChI is InChI=1S/C26H25NO6S/c1-15-7-9-18(31-2)17(12-15)24(28)22-23(21-6-5-11-34-21)27(26(30)25(22)29)14-16-8-10-19(32-3)20(13-16)33-4/h5-13,23,28H,14H2,1-4H3/b24-22-. The third-order valence-electron chi connectivity index (χ3n) is 5.76. The van der Waals surface area contributed by atoms with Gasteiger partial charge >= 0.3 is 0 Å². The Labute approximate surface area is 201 Å². The molecule has 0 spiro atoms. The highest BCUT2D eigenvalue weighted by molar-refractivity contribution is 7.10. The molecule has 34 heavy (non-hydrogen) atoms. The van der Waals surface area contributed by atoms with Crippen LogP contribution >= 0.6 is 11.3 Å². The topological polar surface area (TPSA) is 85.3 Å². The third-order valence-corrected chi connectivity index (χ3v) is 6.69. The molecule has 2 heterocycles. The highest BCUT2D eigenvalue weighted by Crippen LogP contribution is 2.43. The van der Waals surface area contributed by atoms with Gasteiger partial charge in [0.15, 0.2) is 11.5 Å². The van der Waals surface area contributed by atoms with Gasteiger partial charge in [0.2, 0.25) is 0 Å². The van der Waals surface area contributed by atoms with Gasteiger partial charge in [-0.15, -0.1) is 11.3 Å². The minimum atomic E-state index is -0.738. The van der Waals surface area contributed by atoms with E-state index < -0.39 is 17.7 Å². The molecule has 1 saturated heterocycles. The van der Waals surface area contributed by atoms with Crippen molar-refractivity contribution < 1.29 is 28.9 Å². The Morgan fingerprint density at radius 1 is 0.971 bits per heavy atom. The van der Waals surface area contributed by atoms with E-state index in [4.69, 9.17) is 14.2 Å². The van der Waals surface area contributed by atoms with Gasteiger partial charge in [0.1, 0.15) is 11.5 Å². The summed E-state index contributed by atoms with van der Waals surface area (Å²) in [7, 11) is 4.58. The average Bonchev–Trinajstić information content (AvgIpc) is 3.46. The zero-order valence-electron chi connectivity index (χ0n) is 19.3.